The largest absolute Gasteiger partial charge is 0.394 e. The van der Waals surface area contributed by atoms with Crippen molar-refractivity contribution in [1.82, 2.24) is 25.9 Å². The Balaban J connectivity index is 1.96. The van der Waals surface area contributed by atoms with Crippen molar-refractivity contribution in [3.63, 3.8) is 0 Å². The summed E-state index contributed by atoms with van der Waals surface area (Å²) >= 11 is 0. The number of amides is 1. The lowest BCUT2D eigenvalue weighted by molar-refractivity contribution is 0.0906. The molecule has 0 bridgehead atoms. The number of carbonyl (C=O) groups is 1. The molecule has 7 heteroatoms. The van der Waals surface area contributed by atoms with Crippen LogP contribution >= 0.6 is 0 Å². The van der Waals surface area contributed by atoms with E-state index in [0.717, 1.165) is 5.56 Å². The standard InChI is InChI=1S/C11H13N5O2/c17-7-9(6-8-4-2-1-3-5-8)12-11(18)10-13-15-16-14-10/h1-5,9,17H,6-7H2,(H,12,18)(H,13,14,15,16)/t9-/m1/s1. The van der Waals surface area contributed by atoms with Gasteiger partial charge in [-0.3, -0.25) is 4.79 Å². The van der Waals surface area contributed by atoms with Gasteiger partial charge in [-0.15, -0.1) is 10.2 Å². The van der Waals surface area contributed by atoms with Gasteiger partial charge in [-0.25, -0.2) is 0 Å². The molecule has 2 aromatic rings. The zero-order valence-electron chi connectivity index (χ0n) is 9.58. The van der Waals surface area contributed by atoms with Crippen LogP contribution in [-0.2, 0) is 6.42 Å². The number of H-pyrrole nitrogens is 1. The lowest BCUT2D eigenvalue weighted by Gasteiger charge is -2.15. The predicted molar refractivity (Wildman–Crippen MR) is 62.7 cm³/mol. The average molecular weight is 247 g/mol. The van der Waals surface area contributed by atoms with Crippen LogP contribution in [0.5, 0.6) is 0 Å². The van der Waals surface area contributed by atoms with E-state index in [4.69, 9.17) is 0 Å². The monoisotopic (exact) mass is 247 g/mol. The molecule has 7 nitrogen and oxygen atoms in total. The Hall–Kier alpha value is -2.28. The summed E-state index contributed by atoms with van der Waals surface area (Å²) in [5.74, 6) is -0.500. The molecule has 0 aliphatic carbocycles. The molecule has 94 valence electrons. The Morgan fingerprint density at radius 1 is 1.39 bits per heavy atom. The number of carbonyl (C=O) groups excluding carboxylic acids is 1. The minimum Gasteiger partial charge on any atom is -0.394 e. The first-order chi connectivity index (χ1) is 8.79. The first-order valence-corrected chi connectivity index (χ1v) is 5.48. The van der Waals surface area contributed by atoms with Crippen LogP contribution in [0.25, 0.3) is 0 Å². The third kappa shape index (κ3) is 3.11. The number of benzene rings is 1. The second-order valence-corrected chi connectivity index (χ2v) is 3.78. The van der Waals surface area contributed by atoms with E-state index in [0.29, 0.717) is 6.42 Å². The molecule has 0 aliphatic rings. The molecule has 0 radical (unpaired) electrons. The maximum atomic E-state index is 11.7. The van der Waals surface area contributed by atoms with E-state index >= 15 is 0 Å². The summed E-state index contributed by atoms with van der Waals surface area (Å²) in [6.07, 6.45) is 0.543. The van der Waals surface area contributed by atoms with Crippen molar-refractivity contribution in [3.05, 3.63) is 41.7 Å². The fourth-order valence-corrected chi connectivity index (χ4v) is 1.57. The number of aromatic amines is 1. The molecule has 1 heterocycles. The molecule has 0 saturated heterocycles. The van der Waals surface area contributed by atoms with Gasteiger partial charge in [0.15, 0.2) is 0 Å². The first-order valence-electron chi connectivity index (χ1n) is 5.48. The van der Waals surface area contributed by atoms with E-state index in [9.17, 15) is 9.90 Å². The minimum absolute atomic E-state index is 0.0403. The van der Waals surface area contributed by atoms with Crippen molar-refractivity contribution in [1.29, 1.82) is 0 Å². The predicted octanol–water partition coefficient (Wildman–Crippen LogP) is -0.467. The van der Waals surface area contributed by atoms with Gasteiger partial charge in [-0.2, -0.15) is 5.21 Å². The van der Waals surface area contributed by atoms with Gasteiger partial charge in [0.2, 0.25) is 0 Å². The molecule has 1 aromatic carbocycles. The topological polar surface area (TPSA) is 104 Å². The number of nitrogens with zero attached hydrogens (tertiary/aromatic N) is 3. The van der Waals surface area contributed by atoms with Crippen LogP contribution in [0.2, 0.25) is 0 Å². The molecule has 1 atom stereocenters. The maximum absolute atomic E-state index is 11.7. The average Bonchev–Trinajstić information content (AvgIpc) is 2.93. The first kappa shape index (κ1) is 12.2. The highest BCUT2D eigenvalue weighted by molar-refractivity contribution is 5.90. The lowest BCUT2D eigenvalue weighted by atomic mass is 10.1. The highest BCUT2D eigenvalue weighted by Gasteiger charge is 2.16. The number of tetrazole rings is 1. The molecule has 0 saturated carbocycles. The lowest BCUT2D eigenvalue weighted by Crippen LogP contribution is -2.39. The highest BCUT2D eigenvalue weighted by atomic mass is 16.3. The fourth-order valence-electron chi connectivity index (χ4n) is 1.57. The number of aliphatic hydroxyl groups excluding tert-OH is 1. The Morgan fingerprint density at radius 3 is 2.78 bits per heavy atom. The van der Waals surface area contributed by atoms with Crippen LogP contribution in [-0.4, -0.2) is 44.3 Å². The second-order valence-electron chi connectivity index (χ2n) is 3.78. The second kappa shape index (κ2) is 5.87. The quantitative estimate of drug-likeness (QED) is 0.663. The van der Waals surface area contributed by atoms with E-state index in [1.165, 1.54) is 0 Å². The summed E-state index contributed by atoms with van der Waals surface area (Å²) in [5.41, 5.74) is 1.03. The Labute approximate surface area is 103 Å². The summed E-state index contributed by atoms with van der Waals surface area (Å²) < 4.78 is 0. The maximum Gasteiger partial charge on any atom is 0.293 e. The van der Waals surface area contributed by atoms with Crippen molar-refractivity contribution >= 4 is 5.91 Å². The molecular formula is C11H13N5O2. The molecular weight excluding hydrogens is 234 g/mol. The van der Waals surface area contributed by atoms with E-state index < -0.39 is 5.91 Å². The Bertz CT molecular complexity index is 485. The van der Waals surface area contributed by atoms with Crippen LogP contribution in [0.3, 0.4) is 0 Å². The van der Waals surface area contributed by atoms with Gasteiger partial charge in [0.1, 0.15) is 0 Å². The van der Waals surface area contributed by atoms with Crippen LogP contribution in [0.4, 0.5) is 0 Å². The van der Waals surface area contributed by atoms with Gasteiger partial charge < -0.3 is 10.4 Å². The van der Waals surface area contributed by atoms with Gasteiger partial charge in [-0.1, -0.05) is 30.3 Å². The minimum atomic E-state index is -0.460. The molecule has 0 spiro atoms. The molecule has 3 N–H and O–H groups in total. The summed E-state index contributed by atoms with van der Waals surface area (Å²) in [6, 6.07) is 9.22. The van der Waals surface area contributed by atoms with Gasteiger partial charge in [0.25, 0.3) is 11.7 Å². The van der Waals surface area contributed by atoms with Crippen LogP contribution < -0.4 is 5.32 Å². The van der Waals surface area contributed by atoms with Gasteiger partial charge >= 0.3 is 0 Å². The SMILES string of the molecule is O=C(N[C@@H](CO)Cc1ccccc1)c1nn[nH]n1. The number of rotatable bonds is 5. The molecule has 1 aromatic heterocycles. The molecule has 18 heavy (non-hydrogen) atoms. The zero-order chi connectivity index (χ0) is 12.8. The number of aromatic nitrogens is 4. The van der Waals surface area contributed by atoms with Crippen molar-refractivity contribution in [2.75, 3.05) is 6.61 Å². The third-order valence-corrected chi connectivity index (χ3v) is 2.43. The van der Waals surface area contributed by atoms with E-state index in [1.807, 2.05) is 30.3 Å². The summed E-state index contributed by atoms with van der Waals surface area (Å²) in [6.45, 7) is -0.154. The number of nitrogens with one attached hydrogen (secondary N) is 2. The number of hydrogen-bond donors (Lipinski definition) is 3. The van der Waals surface area contributed by atoms with Crippen molar-refractivity contribution in [2.45, 2.75) is 12.5 Å². The molecule has 1 amide bonds. The third-order valence-electron chi connectivity index (χ3n) is 2.43. The smallest absolute Gasteiger partial charge is 0.293 e. The molecule has 2 rings (SSSR count). The van der Waals surface area contributed by atoms with E-state index in [-0.39, 0.29) is 18.5 Å². The summed E-state index contributed by atoms with van der Waals surface area (Å²) in [4.78, 5) is 11.7. The van der Waals surface area contributed by atoms with Gasteiger partial charge in [0, 0.05) is 0 Å². The number of aliphatic hydroxyl groups is 1. The normalized spacial score (nSPS) is 12.1. The highest BCUT2D eigenvalue weighted by Crippen LogP contribution is 2.03. The van der Waals surface area contributed by atoms with Crippen molar-refractivity contribution in [3.8, 4) is 0 Å². The van der Waals surface area contributed by atoms with E-state index in [1.54, 1.807) is 0 Å². The van der Waals surface area contributed by atoms with Gasteiger partial charge in [-0.05, 0) is 17.2 Å². The summed E-state index contributed by atoms with van der Waals surface area (Å²) in [7, 11) is 0. The Morgan fingerprint density at radius 2 is 2.17 bits per heavy atom. The Kier molecular flexibility index (Phi) is 3.98. The van der Waals surface area contributed by atoms with E-state index in [2.05, 4.69) is 25.9 Å². The van der Waals surface area contributed by atoms with Crippen LogP contribution in [0.1, 0.15) is 16.2 Å². The molecule has 0 unspecified atom stereocenters. The van der Waals surface area contributed by atoms with Gasteiger partial charge in [0.05, 0.1) is 12.6 Å². The molecule has 0 fully saturated rings. The summed E-state index contributed by atoms with van der Waals surface area (Å²) in [5, 5.41) is 24.5. The van der Waals surface area contributed by atoms with Crippen LogP contribution in [0.15, 0.2) is 30.3 Å². The van der Waals surface area contributed by atoms with Crippen molar-refractivity contribution in [2.24, 2.45) is 0 Å². The fraction of sp³-hybridized carbons (Fsp3) is 0.273. The molecule has 0 aliphatic heterocycles. The zero-order valence-corrected chi connectivity index (χ0v) is 9.58. The van der Waals surface area contributed by atoms with Crippen LogP contribution in [0, 0.1) is 0 Å². The van der Waals surface area contributed by atoms with Crippen molar-refractivity contribution < 1.29 is 9.90 Å². The number of hydrogen-bond acceptors (Lipinski definition) is 5.